The van der Waals surface area contributed by atoms with Crippen molar-refractivity contribution >= 4 is 23.8 Å². The topological polar surface area (TPSA) is 70.6 Å². The van der Waals surface area contributed by atoms with Crippen molar-refractivity contribution in [2.45, 2.75) is 26.7 Å². The molecule has 0 aliphatic carbocycles. The van der Waals surface area contributed by atoms with Gasteiger partial charge in [0.1, 0.15) is 11.2 Å². The molecule has 0 bridgehead atoms. The lowest BCUT2D eigenvalue weighted by atomic mass is 10.0. The van der Waals surface area contributed by atoms with Crippen LogP contribution in [0.2, 0.25) is 0 Å². The molecule has 0 fully saturated rings. The van der Waals surface area contributed by atoms with Crippen molar-refractivity contribution in [2.24, 2.45) is 4.99 Å². The van der Waals surface area contributed by atoms with Crippen LogP contribution < -0.4 is 26.0 Å². The summed E-state index contributed by atoms with van der Waals surface area (Å²) < 4.78 is 5.47. The molecule has 0 amide bonds. The summed E-state index contributed by atoms with van der Waals surface area (Å²) in [6.07, 6.45) is 1.72. The lowest BCUT2D eigenvalue weighted by Gasteiger charge is -2.28. The van der Waals surface area contributed by atoms with E-state index in [1.165, 1.54) is 5.56 Å². The predicted octanol–water partition coefficient (Wildman–Crippen LogP) is 2.84. The molecule has 1 N–H and O–H groups in total. The van der Waals surface area contributed by atoms with Crippen molar-refractivity contribution in [3.8, 4) is 5.75 Å². The van der Waals surface area contributed by atoms with Crippen LogP contribution in [0, 0.1) is 13.8 Å². The summed E-state index contributed by atoms with van der Waals surface area (Å²) in [5, 5.41) is 0.338. The number of nitrogens with zero attached hydrogens (tertiary/aromatic N) is 3. The van der Waals surface area contributed by atoms with E-state index >= 15 is 0 Å². The van der Waals surface area contributed by atoms with E-state index in [1.807, 2.05) is 31.2 Å². The molecule has 4 rings (SSSR count). The Kier molecular flexibility index (Phi) is 4.92. The summed E-state index contributed by atoms with van der Waals surface area (Å²) in [5.74, 6) is 1.46. The molecule has 0 saturated heterocycles. The maximum absolute atomic E-state index is 12.5. The van der Waals surface area contributed by atoms with E-state index in [1.54, 1.807) is 7.11 Å². The summed E-state index contributed by atoms with van der Waals surface area (Å²) in [5.41, 5.74) is 5.32. The van der Waals surface area contributed by atoms with Gasteiger partial charge in [-0.3, -0.25) is 4.79 Å². The Morgan fingerprint density at radius 3 is 2.72 bits per heavy atom. The molecule has 6 heteroatoms. The number of para-hydroxylation sites is 1. The highest BCUT2D eigenvalue weighted by molar-refractivity contribution is 5.77. The van der Waals surface area contributed by atoms with Gasteiger partial charge in [-0.1, -0.05) is 24.8 Å². The molecule has 148 valence electrons. The fourth-order valence-electron chi connectivity index (χ4n) is 3.68. The Hall–Kier alpha value is -3.41. The molecule has 6 nitrogen and oxygen atoms in total. The van der Waals surface area contributed by atoms with E-state index in [9.17, 15) is 4.79 Å². The number of ether oxygens (including phenoxy) is 1. The van der Waals surface area contributed by atoms with Crippen LogP contribution in [0.1, 0.15) is 23.1 Å². The first-order valence-electron chi connectivity index (χ1n) is 9.66. The second kappa shape index (κ2) is 7.54. The standard InChI is InChI=1S/C23H24N4O2/c1-14-12-18-19(13-15(14)2)27(22-21(26-18)23(28)25-16(3)24-22)11-7-9-17-8-5-6-10-20(17)29-4/h5-6,8,10,12-13H,3,7,9,11H2,1-2,4H3,(H,25,28). The van der Waals surface area contributed by atoms with Gasteiger partial charge >= 0.3 is 0 Å². The highest BCUT2D eigenvalue weighted by Crippen LogP contribution is 2.36. The third-order valence-corrected chi connectivity index (χ3v) is 5.32. The maximum Gasteiger partial charge on any atom is 0.279 e. The number of H-pyrrole nitrogens is 1. The number of hydrogen-bond donors (Lipinski definition) is 1. The summed E-state index contributed by atoms with van der Waals surface area (Å²) in [6.45, 7) is 8.64. The zero-order valence-electron chi connectivity index (χ0n) is 17.0. The van der Waals surface area contributed by atoms with E-state index in [2.05, 4.69) is 45.5 Å². The average molecular weight is 388 g/mol. The van der Waals surface area contributed by atoms with Gasteiger partial charge in [0, 0.05) is 6.54 Å². The number of aryl methyl sites for hydroxylation is 3. The first-order valence-corrected chi connectivity index (χ1v) is 9.66. The van der Waals surface area contributed by atoms with Crippen LogP contribution >= 0.6 is 0 Å². The van der Waals surface area contributed by atoms with Crippen molar-refractivity contribution in [1.82, 2.24) is 9.97 Å². The molecule has 2 aromatic carbocycles. The van der Waals surface area contributed by atoms with Gasteiger partial charge in [0.15, 0.2) is 11.2 Å². The average Bonchev–Trinajstić information content (AvgIpc) is 2.70. The first kappa shape index (κ1) is 18.9. The van der Waals surface area contributed by atoms with Gasteiger partial charge in [-0.2, -0.15) is 0 Å². The molecule has 1 aliphatic heterocycles. The van der Waals surface area contributed by atoms with E-state index < -0.39 is 0 Å². The third kappa shape index (κ3) is 3.53. The minimum atomic E-state index is -0.265. The van der Waals surface area contributed by atoms with Crippen LogP contribution in [-0.4, -0.2) is 23.6 Å². The molecule has 0 unspecified atom stereocenters. The van der Waals surface area contributed by atoms with Crippen molar-refractivity contribution in [1.29, 1.82) is 0 Å². The second-order valence-corrected chi connectivity index (χ2v) is 7.29. The molecule has 0 spiro atoms. The molecular weight excluding hydrogens is 364 g/mol. The van der Waals surface area contributed by atoms with Crippen LogP contribution in [0.15, 0.2) is 46.2 Å². The van der Waals surface area contributed by atoms with Gasteiger partial charge in [-0.15, -0.1) is 0 Å². The number of rotatable bonds is 5. The van der Waals surface area contributed by atoms with Crippen LogP contribution in [-0.2, 0) is 6.42 Å². The number of aromatic nitrogens is 2. The molecule has 1 aliphatic rings. The SMILES string of the molecule is C=c1nc2c(c(=O)[nH]1)=Nc1cc(C)c(C)cc1N2CCCc1ccccc1OC. The van der Waals surface area contributed by atoms with Gasteiger partial charge in [0.25, 0.3) is 5.56 Å². The molecule has 0 atom stereocenters. The fraction of sp³-hybridized carbons (Fsp3) is 0.261. The molecule has 29 heavy (non-hydrogen) atoms. The largest absolute Gasteiger partial charge is 0.496 e. The van der Waals surface area contributed by atoms with Crippen molar-refractivity contribution in [3.05, 3.63) is 74.3 Å². The van der Waals surface area contributed by atoms with Crippen molar-refractivity contribution in [3.63, 3.8) is 0 Å². The zero-order chi connectivity index (χ0) is 20.5. The molecule has 0 saturated carbocycles. The Bertz CT molecular complexity index is 1250. The highest BCUT2D eigenvalue weighted by Gasteiger charge is 2.23. The number of anilines is 2. The van der Waals surface area contributed by atoms with E-state index in [0.29, 0.717) is 23.2 Å². The maximum atomic E-state index is 12.5. The minimum absolute atomic E-state index is 0.265. The highest BCUT2D eigenvalue weighted by atomic mass is 16.5. The first-order chi connectivity index (χ1) is 14.0. The number of aromatic amines is 1. The predicted molar refractivity (Wildman–Crippen MR) is 115 cm³/mol. The smallest absolute Gasteiger partial charge is 0.279 e. The van der Waals surface area contributed by atoms with Gasteiger partial charge < -0.3 is 14.6 Å². The Morgan fingerprint density at radius 2 is 1.93 bits per heavy atom. The molecule has 2 heterocycles. The normalized spacial score (nSPS) is 12.2. The van der Waals surface area contributed by atoms with Gasteiger partial charge in [-0.05, 0) is 61.6 Å². The number of hydrogen-bond acceptors (Lipinski definition) is 5. The lowest BCUT2D eigenvalue weighted by Crippen LogP contribution is -2.42. The van der Waals surface area contributed by atoms with Crippen LogP contribution in [0.4, 0.5) is 17.2 Å². The van der Waals surface area contributed by atoms with Crippen LogP contribution in [0.3, 0.4) is 0 Å². The third-order valence-electron chi connectivity index (χ3n) is 5.32. The number of nitrogens with one attached hydrogen (secondary N) is 1. The fourth-order valence-corrected chi connectivity index (χ4v) is 3.68. The van der Waals surface area contributed by atoms with Gasteiger partial charge in [-0.25, -0.2) is 9.98 Å². The van der Waals surface area contributed by atoms with Gasteiger partial charge in [0.2, 0.25) is 0 Å². The summed E-state index contributed by atoms with van der Waals surface area (Å²) in [6, 6.07) is 12.2. The summed E-state index contributed by atoms with van der Waals surface area (Å²) in [4.78, 5) is 26.3. The quantitative estimate of drug-likeness (QED) is 0.730. The van der Waals surface area contributed by atoms with Crippen molar-refractivity contribution in [2.75, 3.05) is 18.6 Å². The number of methoxy groups -OCH3 is 1. The lowest BCUT2D eigenvalue weighted by molar-refractivity contribution is 0.409. The monoisotopic (exact) mass is 388 g/mol. The molecule has 0 radical (unpaired) electrons. The number of benzene rings is 2. The molecule has 1 aromatic heterocycles. The zero-order valence-corrected chi connectivity index (χ0v) is 17.0. The number of fused-ring (bicyclic) bond motifs is 2. The Labute approximate surface area is 169 Å². The van der Waals surface area contributed by atoms with E-state index in [4.69, 9.17) is 4.74 Å². The minimum Gasteiger partial charge on any atom is -0.496 e. The Balaban J connectivity index is 1.73. The Morgan fingerprint density at radius 1 is 1.17 bits per heavy atom. The van der Waals surface area contributed by atoms with Gasteiger partial charge in [0.05, 0.1) is 18.5 Å². The second-order valence-electron chi connectivity index (χ2n) is 7.29. The molecule has 3 aromatic rings. The molecular formula is C23H24N4O2. The summed E-state index contributed by atoms with van der Waals surface area (Å²) in [7, 11) is 1.69. The van der Waals surface area contributed by atoms with Crippen molar-refractivity contribution < 1.29 is 4.74 Å². The van der Waals surface area contributed by atoms with E-state index in [0.717, 1.165) is 41.1 Å². The summed E-state index contributed by atoms with van der Waals surface area (Å²) >= 11 is 0. The van der Waals surface area contributed by atoms with Crippen LogP contribution in [0.5, 0.6) is 5.75 Å². The van der Waals surface area contributed by atoms with Crippen LogP contribution in [0.25, 0.3) is 6.58 Å². The van der Waals surface area contributed by atoms with E-state index in [-0.39, 0.29) is 5.56 Å².